The van der Waals surface area contributed by atoms with Crippen LogP contribution < -0.4 is 10.0 Å². The minimum Gasteiger partial charge on any atom is -0.369 e. The molecule has 0 spiro atoms. The molecule has 218 valence electrons. The first kappa shape index (κ1) is 29.0. The van der Waals surface area contributed by atoms with Gasteiger partial charge in [0.25, 0.3) is 5.91 Å². The quantitative estimate of drug-likeness (QED) is 0.499. The van der Waals surface area contributed by atoms with Crippen molar-refractivity contribution in [3.63, 3.8) is 0 Å². The number of nitrogens with one attached hydrogen (secondary N) is 2. The van der Waals surface area contributed by atoms with Crippen molar-refractivity contribution >= 4 is 21.7 Å². The molecule has 3 aliphatic rings. The fourth-order valence-electron chi connectivity index (χ4n) is 6.86. The molecular weight excluding hydrogens is 524 g/mol. The Hall–Kier alpha value is -2.56. The van der Waals surface area contributed by atoms with E-state index in [0.29, 0.717) is 36.7 Å². The molecule has 0 radical (unpaired) electrons. The molecule has 3 heterocycles. The number of rotatable bonds is 8. The number of amides is 1. The van der Waals surface area contributed by atoms with E-state index in [2.05, 4.69) is 55.2 Å². The topological polar surface area (TPSA) is 108 Å². The van der Waals surface area contributed by atoms with Crippen LogP contribution in [0.3, 0.4) is 0 Å². The van der Waals surface area contributed by atoms with Crippen LogP contribution in [0.15, 0.2) is 36.7 Å². The van der Waals surface area contributed by atoms with Gasteiger partial charge in [0, 0.05) is 37.3 Å². The zero-order chi connectivity index (χ0) is 28.1. The highest BCUT2D eigenvalue weighted by atomic mass is 32.2. The molecule has 1 aromatic heterocycles. The van der Waals surface area contributed by atoms with Crippen molar-refractivity contribution in [3.05, 3.63) is 53.5 Å². The number of likely N-dealkylation sites (tertiary alicyclic amines) is 2. The fourth-order valence-corrected chi connectivity index (χ4v) is 7.70. The molecule has 2 N–H and O–H groups in total. The molecular formula is C30H44N6O3S. The van der Waals surface area contributed by atoms with Gasteiger partial charge in [-0.05, 0) is 82.4 Å². The number of hydrogen-bond acceptors (Lipinski definition) is 7. The Morgan fingerprint density at radius 3 is 2.40 bits per heavy atom. The number of piperidine rings is 2. The summed E-state index contributed by atoms with van der Waals surface area (Å²) in [5, 5.41) is 3.55. The van der Waals surface area contributed by atoms with Crippen molar-refractivity contribution in [1.29, 1.82) is 0 Å². The van der Waals surface area contributed by atoms with Crippen molar-refractivity contribution in [2.75, 3.05) is 44.3 Å². The molecule has 9 nitrogen and oxygen atoms in total. The third-order valence-electron chi connectivity index (χ3n) is 9.08. The third-order valence-corrected chi connectivity index (χ3v) is 9.84. The highest BCUT2D eigenvalue weighted by Gasteiger charge is 2.32. The highest BCUT2D eigenvalue weighted by Crippen LogP contribution is 2.36. The first-order valence-corrected chi connectivity index (χ1v) is 16.8. The lowest BCUT2D eigenvalue weighted by Gasteiger charge is -2.41. The first-order valence-electron chi connectivity index (χ1n) is 14.9. The molecule has 1 aromatic carbocycles. The predicted molar refractivity (Wildman–Crippen MR) is 158 cm³/mol. The standard InChI is InChI=1S/C30H44N6O3S/c1-22-28(30(37)36-17-13-27(14-18-36)35-15-11-26(12-16-35)34-40(2,38)39)32-21-33-29(22)31-20-23-7-6-10-25(19-23)24-8-4-3-5-9-24/h3-5,8-9,21,23,25-27,34H,6-7,10-20H2,1-2H3,(H,31,32,33). The van der Waals surface area contributed by atoms with Crippen LogP contribution in [-0.4, -0.2) is 85.2 Å². The Balaban J connectivity index is 1.11. The Morgan fingerprint density at radius 1 is 0.975 bits per heavy atom. The maximum absolute atomic E-state index is 13.5. The van der Waals surface area contributed by atoms with E-state index in [0.717, 1.165) is 56.7 Å². The SMILES string of the molecule is Cc1c(NCC2CCCC(c3ccccc3)C2)ncnc1C(=O)N1CCC(N2CCC(NS(C)(=O)=O)CC2)CC1. The van der Waals surface area contributed by atoms with Crippen LogP contribution in [0.5, 0.6) is 0 Å². The number of carbonyl (C=O) groups is 1. The Morgan fingerprint density at radius 2 is 1.70 bits per heavy atom. The molecule has 2 unspecified atom stereocenters. The summed E-state index contributed by atoms with van der Waals surface area (Å²) < 4.78 is 25.8. The van der Waals surface area contributed by atoms with E-state index < -0.39 is 10.0 Å². The van der Waals surface area contributed by atoms with Gasteiger partial charge in [0.05, 0.1) is 6.26 Å². The Labute approximate surface area is 239 Å². The van der Waals surface area contributed by atoms with Gasteiger partial charge in [-0.2, -0.15) is 0 Å². The summed E-state index contributed by atoms with van der Waals surface area (Å²) in [5.41, 5.74) is 2.76. The lowest BCUT2D eigenvalue weighted by molar-refractivity contribution is 0.0570. The second-order valence-electron chi connectivity index (χ2n) is 11.9. The van der Waals surface area contributed by atoms with Crippen LogP contribution in [0.2, 0.25) is 0 Å². The number of sulfonamides is 1. The summed E-state index contributed by atoms with van der Waals surface area (Å²) >= 11 is 0. The summed E-state index contributed by atoms with van der Waals surface area (Å²) in [6.45, 7) is 6.00. The molecule has 40 heavy (non-hydrogen) atoms. The second kappa shape index (κ2) is 13.0. The molecule has 3 fully saturated rings. The Kier molecular flexibility index (Phi) is 9.38. The summed E-state index contributed by atoms with van der Waals surface area (Å²) in [7, 11) is -3.17. The number of anilines is 1. The summed E-state index contributed by atoms with van der Waals surface area (Å²) in [5.74, 6) is 1.95. The van der Waals surface area contributed by atoms with Crippen LogP contribution in [-0.2, 0) is 10.0 Å². The van der Waals surface area contributed by atoms with Gasteiger partial charge in [-0.1, -0.05) is 36.8 Å². The smallest absolute Gasteiger partial charge is 0.272 e. The maximum Gasteiger partial charge on any atom is 0.272 e. The van der Waals surface area contributed by atoms with Crippen LogP contribution in [0, 0.1) is 12.8 Å². The zero-order valence-corrected chi connectivity index (χ0v) is 24.7. The van der Waals surface area contributed by atoms with E-state index in [9.17, 15) is 13.2 Å². The van der Waals surface area contributed by atoms with E-state index in [1.54, 1.807) is 0 Å². The molecule has 0 bridgehead atoms. The molecule has 1 aliphatic carbocycles. The second-order valence-corrected chi connectivity index (χ2v) is 13.7. The van der Waals surface area contributed by atoms with Gasteiger partial charge < -0.3 is 15.1 Å². The predicted octanol–water partition coefficient (Wildman–Crippen LogP) is 3.79. The van der Waals surface area contributed by atoms with Crippen molar-refractivity contribution in [2.24, 2.45) is 5.92 Å². The number of hydrogen-bond donors (Lipinski definition) is 2. The highest BCUT2D eigenvalue weighted by molar-refractivity contribution is 7.88. The minimum absolute atomic E-state index is 0.0146. The van der Waals surface area contributed by atoms with Crippen molar-refractivity contribution in [3.8, 4) is 0 Å². The van der Waals surface area contributed by atoms with Gasteiger partial charge in [0.15, 0.2) is 0 Å². The van der Waals surface area contributed by atoms with E-state index in [4.69, 9.17) is 0 Å². The van der Waals surface area contributed by atoms with Gasteiger partial charge in [-0.15, -0.1) is 0 Å². The van der Waals surface area contributed by atoms with Gasteiger partial charge in [-0.3, -0.25) is 4.79 Å². The van der Waals surface area contributed by atoms with Crippen LogP contribution >= 0.6 is 0 Å². The van der Waals surface area contributed by atoms with Gasteiger partial charge in [0.1, 0.15) is 17.8 Å². The molecule has 5 rings (SSSR count). The average molecular weight is 569 g/mol. The van der Waals surface area contributed by atoms with Crippen LogP contribution in [0.1, 0.15) is 78.9 Å². The largest absolute Gasteiger partial charge is 0.369 e. The summed E-state index contributed by atoms with van der Waals surface area (Å²) in [6.07, 6.45) is 11.1. The third kappa shape index (κ3) is 7.39. The normalized spacial score (nSPS) is 23.7. The van der Waals surface area contributed by atoms with Gasteiger partial charge >= 0.3 is 0 Å². The molecule has 2 aliphatic heterocycles. The van der Waals surface area contributed by atoms with E-state index in [1.165, 1.54) is 43.8 Å². The number of benzene rings is 1. The van der Waals surface area contributed by atoms with E-state index in [-0.39, 0.29) is 11.9 Å². The molecule has 1 amide bonds. The maximum atomic E-state index is 13.5. The lowest BCUT2D eigenvalue weighted by atomic mass is 9.78. The summed E-state index contributed by atoms with van der Waals surface area (Å²) in [6, 6.07) is 11.3. The summed E-state index contributed by atoms with van der Waals surface area (Å²) in [4.78, 5) is 26.7. The molecule has 1 saturated carbocycles. The van der Waals surface area contributed by atoms with Crippen molar-refractivity contribution in [2.45, 2.75) is 76.3 Å². The van der Waals surface area contributed by atoms with Crippen LogP contribution in [0.25, 0.3) is 0 Å². The van der Waals surface area contributed by atoms with E-state index in [1.807, 2.05) is 11.8 Å². The van der Waals surface area contributed by atoms with Crippen molar-refractivity contribution < 1.29 is 13.2 Å². The molecule has 2 aromatic rings. The fraction of sp³-hybridized carbons (Fsp3) is 0.633. The molecule has 2 saturated heterocycles. The first-order chi connectivity index (χ1) is 19.3. The molecule has 2 atom stereocenters. The number of nitrogens with zero attached hydrogens (tertiary/aromatic N) is 4. The number of carbonyl (C=O) groups excluding carboxylic acids is 1. The van der Waals surface area contributed by atoms with Crippen LogP contribution in [0.4, 0.5) is 5.82 Å². The average Bonchev–Trinajstić information content (AvgIpc) is 2.97. The minimum atomic E-state index is -3.17. The van der Waals surface area contributed by atoms with Crippen molar-refractivity contribution in [1.82, 2.24) is 24.5 Å². The van der Waals surface area contributed by atoms with E-state index >= 15 is 0 Å². The number of aromatic nitrogens is 2. The Bertz CT molecular complexity index is 1240. The van der Waals surface area contributed by atoms with Gasteiger partial charge in [-0.25, -0.2) is 23.1 Å². The monoisotopic (exact) mass is 568 g/mol. The lowest BCUT2D eigenvalue weighted by Crippen LogP contribution is -2.51. The zero-order valence-electron chi connectivity index (χ0n) is 23.9. The van der Waals surface area contributed by atoms with Gasteiger partial charge in [0.2, 0.25) is 10.0 Å². The molecule has 10 heteroatoms.